The van der Waals surface area contributed by atoms with E-state index in [9.17, 15) is 26.6 Å². The lowest BCUT2D eigenvalue weighted by atomic mass is 10.0. The second kappa shape index (κ2) is 12.9. The number of carbonyl (C=O) groups excluding carboxylic acids is 1. The van der Waals surface area contributed by atoms with Crippen LogP contribution in [0.15, 0.2) is 89.1 Å². The van der Waals surface area contributed by atoms with Crippen LogP contribution in [-0.2, 0) is 37.9 Å². The van der Waals surface area contributed by atoms with Gasteiger partial charge in [-0.15, -0.1) is 11.3 Å². The zero-order chi connectivity index (χ0) is 29.7. The average Bonchev–Trinajstić information content (AvgIpc) is 3.38. The summed E-state index contributed by atoms with van der Waals surface area (Å²) in [6.07, 6.45) is 2.10. The van der Waals surface area contributed by atoms with Gasteiger partial charge in [-0.1, -0.05) is 72.8 Å². The Labute approximate surface area is 240 Å². The summed E-state index contributed by atoms with van der Waals surface area (Å²) >= 11 is 1.05. The first-order chi connectivity index (χ1) is 19.4. The number of halogens is 2. The van der Waals surface area contributed by atoms with Crippen molar-refractivity contribution in [2.75, 3.05) is 6.54 Å². The summed E-state index contributed by atoms with van der Waals surface area (Å²) in [5.41, 5.74) is -3.79. The van der Waals surface area contributed by atoms with Gasteiger partial charge in [0.05, 0.1) is 0 Å². The normalized spacial score (nSPS) is 13.3. The number of fused-ring (bicyclic) bond motifs is 1. The van der Waals surface area contributed by atoms with Gasteiger partial charge in [0.2, 0.25) is 5.91 Å². The molecule has 0 aliphatic heterocycles. The van der Waals surface area contributed by atoms with Gasteiger partial charge < -0.3 is 15.1 Å². The molecule has 1 atom stereocenters. The number of thiophene rings is 1. The number of sulfonamides is 1. The van der Waals surface area contributed by atoms with Crippen LogP contribution in [0.5, 0.6) is 0 Å². The van der Waals surface area contributed by atoms with Gasteiger partial charge in [0, 0.05) is 16.8 Å². The van der Waals surface area contributed by atoms with Gasteiger partial charge >= 0.3 is 13.3 Å². The Morgan fingerprint density at radius 3 is 2.24 bits per heavy atom. The summed E-state index contributed by atoms with van der Waals surface area (Å²) < 4.78 is 69.1. The molecule has 41 heavy (non-hydrogen) atoms. The molecule has 8 nitrogen and oxygen atoms in total. The van der Waals surface area contributed by atoms with Crippen LogP contribution < -0.4 is 10.0 Å². The average molecular weight is 623 g/mol. The molecule has 4 aromatic rings. The molecule has 1 amide bonds. The van der Waals surface area contributed by atoms with E-state index in [0.29, 0.717) is 18.5 Å². The summed E-state index contributed by atoms with van der Waals surface area (Å²) in [5, 5.41) is 3.50. The number of alkyl halides is 2. The Morgan fingerprint density at radius 2 is 1.59 bits per heavy atom. The lowest BCUT2D eigenvalue weighted by molar-refractivity contribution is -0.122. The van der Waals surface area contributed by atoms with Crippen LogP contribution in [0, 0.1) is 0 Å². The first-order valence-electron chi connectivity index (χ1n) is 12.7. The Morgan fingerprint density at radius 1 is 0.927 bits per heavy atom. The van der Waals surface area contributed by atoms with Gasteiger partial charge in [0.25, 0.3) is 10.0 Å². The highest BCUT2D eigenvalue weighted by Gasteiger charge is 2.50. The van der Waals surface area contributed by atoms with Gasteiger partial charge in [-0.3, -0.25) is 9.36 Å². The minimum Gasteiger partial charge on any atom is -0.355 e. The van der Waals surface area contributed by atoms with Crippen LogP contribution in [-0.4, -0.2) is 36.7 Å². The number of rotatable bonds is 13. The van der Waals surface area contributed by atoms with E-state index in [1.54, 1.807) is 24.3 Å². The molecule has 0 radical (unpaired) electrons. The molecule has 4 rings (SSSR count). The van der Waals surface area contributed by atoms with E-state index >= 15 is 0 Å². The Balaban J connectivity index is 1.48. The van der Waals surface area contributed by atoms with Gasteiger partial charge in [0.15, 0.2) is 0 Å². The van der Waals surface area contributed by atoms with Crippen molar-refractivity contribution in [1.29, 1.82) is 0 Å². The third kappa shape index (κ3) is 7.85. The molecule has 0 aliphatic carbocycles. The van der Waals surface area contributed by atoms with Crippen molar-refractivity contribution in [1.82, 2.24) is 10.0 Å². The number of unbranched alkanes of at least 4 members (excludes halogenated alkanes) is 1. The molecule has 0 saturated heterocycles. The zero-order valence-electron chi connectivity index (χ0n) is 21.7. The van der Waals surface area contributed by atoms with Crippen molar-refractivity contribution in [3.05, 3.63) is 102 Å². The van der Waals surface area contributed by atoms with E-state index in [-0.39, 0.29) is 10.6 Å². The van der Waals surface area contributed by atoms with E-state index in [0.717, 1.165) is 46.4 Å². The fourth-order valence-corrected chi connectivity index (χ4v) is 7.30. The smallest absolute Gasteiger partial charge is 0.355 e. The highest BCUT2D eigenvalue weighted by Crippen LogP contribution is 2.59. The number of amides is 1. The minimum atomic E-state index is -5.75. The second-order valence-electron chi connectivity index (χ2n) is 9.50. The molecule has 4 N–H and O–H groups in total. The van der Waals surface area contributed by atoms with Crippen LogP contribution in [0.25, 0.3) is 10.1 Å². The third-order valence-electron chi connectivity index (χ3n) is 6.42. The first kappa shape index (κ1) is 31.0. The number of nitrogens with one attached hydrogen (secondary N) is 2. The summed E-state index contributed by atoms with van der Waals surface area (Å²) in [6.45, 7) is 0.306. The predicted octanol–water partition coefficient (Wildman–Crippen LogP) is 5.16. The lowest BCUT2D eigenvalue weighted by Gasteiger charge is -2.20. The van der Waals surface area contributed by atoms with E-state index in [2.05, 4.69) is 10.0 Å². The molecule has 0 unspecified atom stereocenters. The maximum absolute atomic E-state index is 14.1. The molecular weight excluding hydrogens is 593 g/mol. The molecule has 1 aromatic heterocycles. The minimum absolute atomic E-state index is 0.0241. The van der Waals surface area contributed by atoms with Crippen molar-refractivity contribution in [3.63, 3.8) is 0 Å². The topological polar surface area (TPSA) is 133 Å². The van der Waals surface area contributed by atoms with Crippen LogP contribution in [0.2, 0.25) is 0 Å². The maximum atomic E-state index is 14.1. The third-order valence-corrected chi connectivity index (χ3v) is 10.5. The molecule has 0 bridgehead atoms. The van der Waals surface area contributed by atoms with Crippen molar-refractivity contribution in [3.8, 4) is 0 Å². The molecule has 218 valence electrons. The number of hydrogen-bond acceptors (Lipinski definition) is 5. The molecule has 0 aliphatic rings. The van der Waals surface area contributed by atoms with E-state index in [1.807, 2.05) is 30.3 Å². The Bertz CT molecular complexity index is 1610. The van der Waals surface area contributed by atoms with E-state index in [1.165, 1.54) is 23.8 Å². The fraction of sp³-hybridized carbons (Fsp3) is 0.250. The Hall–Kier alpha value is -2.99. The Kier molecular flexibility index (Phi) is 9.73. The van der Waals surface area contributed by atoms with Crippen molar-refractivity contribution in [2.24, 2.45) is 0 Å². The second-order valence-corrected chi connectivity index (χ2v) is 14.2. The highest BCUT2D eigenvalue weighted by molar-refractivity contribution is 7.91. The summed E-state index contributed by atoms with van der Waals surface area (Å²) in [6, 6.07) is 21.3. The van der Waals surface area contributed by atoms with E-state index in [4.69, 9.17) is 9.79 Å². The van der Waals surface area contributed by atoms with Crippen LogP contribution >= 0.6 is 18.9 Å². The van der Waals surface area contributed by atoms with Crippen LogP contribution in [0.1, 0.15) is 29.5 Å². The van der Waals surface area contributed by atoms with Gasteiger partial charge in [0.1, 0.15) is 10.3 Å². The molecule has 0 spiro atoms. The zero-order valence-corrected chi connectivity index (χ0v) is 24.3. The van der Waals surface area contributed by atoms with Gasteiger partial charge in [-0.25, -0.2) is 8.42 Å². The molecule has 3 aromatic carbocycles. The number of hydrogen-bond donors (Lipinski definition) is 4. The molecule has 0 fully saturated rings. The van der Waals surface area contributed by atoms with E-state index < -0.39 is 40.8 Å². The fourth-order valence-electron chi connectivity index (χ4n) is 4.20. The highest BCUT2D eigenvalue weighted by atomic mass is 32.2. The van der Waals surface area contributed by atoms with Crippen LogP contribution in [0.3, 0.4) is 0 Å². The molecule has 1 heterocycles. The monoisotopic (exact) mass is 622 g/mol. The van der Waals surface area contributed by atoms with Gasteiger partial charge in [-0.2, -0.15) is 13.5 Å². The summed E-state index contributed by atoms with van der Waals surface area (Å²) in [4.78, 5) is 31.1. The largest absolute Gasteiger partial charge is 0.399 e. The van der Waals surface area contributed by atoms with Crippen molar-refractivity contribution >= 4 is 44.9 Å². The van der Waals surface area contributed by atoms with Crippen molar-refractivity contribution in [2.45, 2.75) is 41.6 Å². The predicted molar refractivity (Wildman–Crippen MR) is 154 cm³/mol. The summed E-state index contributed by atoms with van der Waals surface area (Å²) in [5.74, 6) is -0.584. The standard InChI is InChI=1S/C28H29F2N2O6PS2/c29-28(30,39(34,35)36)23-15-13-21(14-16-23)18-24(27(33)31-17-7-6-10-20-8-2-1-3-9-20)32-41(37,38)26-19-22-11-4-5-12-25(22)40-26/h1-5,8-9,11-16,19,24,32H,6-7,10,17-18H2,(H,31,33)(H2,34,35,36)/t24-/m0/s1. The first-order valence-corrected chi connectivity index (χ1v) is 16.6. The van der Waals surface area contributed by atoms with Gasteiger partial charge in [-0.05, 0) is 54.3 Å². The van der Waals surface area contributed by atoms with Crippen LogP contribution in [0.4, 0.5) is 8.78 Å². The molecule has 13 heteroatoms. The molecular formula is C28H29F2N2O6PS2. The maximum Gasteiger partial charge on any atom is 0.399 e. The lowest BCUT2D eigenvalue weighted by Crippen LogP contribution is -2.48. The summed E-state index contributed by atoms with van der Waals surface area (Å²) in [7, 11) is -9.87. The number of benzene rings is 3. The number of aryl methyl sites for hydroxylation is 1. The van der Waals surface area contributed by atoms with Crippen molar-refractivity contribution < 1.29 is 36.3 Å². The number of carbonyl (C=O) groups is 1. The molecule has 0 saturated carbocycles. The quantitative estimate of drug-likeness (QED) is 0.120. The SMILES string of the molecule is O=C(NCCCCc1ccccc1)[C@H](Cc1ccc(C(F)(F)P(=O)(O)O)cc1)NS(=O)(=O)c1cc2ccccc2s1.